The van der Waals surface area contributed by atoms with Gasteiger partial charge in [-0.2, -0.15) is 22.7 Å². The lowest BCUT2D eigenvalue weighted by atomic mass is 9.94. The van der Waals surface area contributed by atoms with Crippen LogP contribution in [0.5, 0.6) is 11.5 Å². The summed E-state index contributed by atoms with van der Waals surface area (Å²) in [6.45, 7) is 11.4. The average Bonchev–Trinajstić information content (AvgIpc) is 3.74. The molecule has 3 rings (SSSR count). The average molecular weight is 734 g/mol. The van der Waals surface area contributed by atoms with Crippen LogP contribution in [0, 0.1) is 10.8 Å². The zero-order valence-corrected chi connectivity index (χ0v) is 30.8. The van der Waals surface area contributed by atoms with Gasteiger partial charge in [0.05, 0.1) is 28.0 Å². The first kappa shape index (κ1) is 40.1. The summed E-state index contributed by atoms with van der Waals surface area (Å²) in [5, 5.41) is 30.0. The minimum atomic E-state index is -2.41. The Hall–Kier alpha value is -4.31. The van der Waals surface area contributed by atoms with Gasteiger partial charge < -0.3 is 39.2 Å². The van der Waals surface area contributed by atoms with Crippen LogP contribution in [0.25, 0.3) is 0 Å². The van der Waals surface area contributed by atoms with Gasteiger partial charge in [0.15, 0.2) is 17.3 Å². The Labute approximate surface area is 298 Å². The lowest BCUT2D eigenvalue weighted by Gasteiger charge is -2.30. The van der Waals surface area contributed by atoms with E-state index in [0.717, 1.165) is 6.92 Å². The summed E-state index contributed by atoms with van der Waals surface area (Å²) in [7, 11) is 0. The van der Waals surface area contributed by atoms with E-state index in [9.17, 15) is 34.2 Å². The van der Waals surface area contributed by atoms with Gasteiger partial charge in [-0.1, -0.05) is 6.07 Å². The highest BCUT2D eigenvalue weighted by molar-refractivity contribution is 7.08. The molecule has 0 saturated heterocycles. The third-order valence-corrected chi connectivity index (χ3v) is 8.32. The smallest absolute Gasteiger partial charge is 0.408 e. The maximum Gasteiger partial charge on any atom is 0.408 e. The van der Waals surface area contributed by atoms with Crippen molar-refractivity contribution in [2.45, 2.75) is 79.2 Å². The standard InChI is InChI=1S/C35H43NO12S2/c1-32(2,3)48-31(41)36-26(35(8,42)43)16-21-9-10-24(46-29(39)33(4,5)19-44-27(37)22-11-13-49-17-22)25(15-21)47-30(40)34(6,7)20-45-28(38)23-12-14-50-18-23/h9-15,17-18,26,42-43H,16,19-20H2,1-8H3,(H,36,41)/t26-/m0/s1. The highest BCUT2D eigenvalue weighted by atomic mass is 32.1. The van der Waals surface area contributed by atoms with E-state index in [1.807, 2.05) is 0 Å². The molecular weight excluding hydrogens is 691 g/mol. The molecule has 272 valence electrons. The fourth-order valence-electron chi connectivity index (χ4n) is 3.92. The third kappa shape index (κ3) is 11.9. The first-order valence-electron chi connectivity index (χ1n) is 15.5. The molecule has 1 aromatic carbocycles. The van der Waals surface area contributed by atoms with Crippen LogP contribution in [-0.4, -0.2) is 70.8 Å². The summed E-state index contributed by atoms with van der Waals surface area (Å²) in [4.78, 5) is 64.1. The molecule has 0 fully saturated rings. The van der Waals surface area contributed by atoms with Crippen LogP contribution in [0.1, 0.15) is 81.7 Å². The van der Waals surface area contributed by atoms with Gasteiger partial charge in [0, 0.05) is 10.8 Å². The van der Waals surface area contributed by atoms with Crippen molar-refractivity contribution in [2.75, 3.05) is 13.2 Å². The van der Waals surface area contributed by atoms with Crippen molar-refractivity contribution < 1.29 is 57.9 Å². The predicted octanol–water partition coefficient (Wildman–Crippen LogP) is 5.52. The van der Waals surface area contributed by atoms with Crippen LogP contribution in [0.15, 0.2) is 51.9 Å². The van der Waals surface area contributed by atoms with Crippen molar-refractivity contribution in [2.24, 2.45) is 10.8 Å². The number of amides is 1. The van der Waals surface area contributed by atoms with E-state index in [0.29, 0.717) is 16.7 Å². The number of hydrogen-bond acceptors (Lipinski definition) is 14. The number of benzene rings is 1. The first-order valence-corrected chi connectivity index (χ1v) is 17.4. The van der Waals surface area contributed by atoms with Crippen LogP contribution in [-0.2, 0) is 30.2 Å². The second kappa shape index (κ2) is 16.1. The number of hydrogen-bond donors (Lipinski definition) is 3. The van der Waals surface area contributed by atoms with Crippen molar-refractivity contribution in [3.63, 3.8) is 0 Å². The number of carbonyl (C=O) groups excluding carboxylic acids is 5. The molecule has 0 bridgehead atoms. The Kier molecular flexibility index (Phi) is 13.0. The molecule has 15 heteroatoms. The molecule has 0 aliphatic rings. The number of carbonyl (C=O) groups is 5. The summed E-state index contributed by atoms with van der Waals surface area (Å²) in [6.07, 6.45) is -1.08. The van der Waals surface area contributed by atoms with Gasteiger partial charge in [0.1, 0.15) is 18.8 Å². The summed E-state index contributed by atoms with van der Waals surface area (Å²) >= 11 is 2.63. The molecule has 0 unspecified atom stereocenters. The Bertz CT molecular complexity index is 1650. The molecule has 2 aromatic heterocycles. The molecule has 1 atom stereocenters. The van der Waals surface area contributed by atoms with Gasteiger partial charge in [-0.3, -0.25) is 9.59 Å². The van der Waals surface area contributed by atoms with E-state index in [1.165, 1.54) is 68.6 Å². The van der Waals surface area contributed by atoms with Gasteiger partial charge in [-0.15, -0.1) is 0 Å². The van der Waals surface area contributed by atoms with E-state index >= 15 is 0 Å². The lowest BCUT2D eigenvalue weighted by molar-refractivity contribution is -0.167. The molecular formula is C35H43NO12S2. The third-order valence-electron chi connectivity index (χ3n) is 6.95. The number of aliphatic hydroxyl groups is 2. The molecule has 0 aliphatic heterocycles. The largest absolute Gasteiger partial charge is 0.461 e. The number of nitrogens with one attached hydrogen (secondary N) is 1. The Balaban J connectivity index is 1.87. The molecule has 0 saturated carbocycles. The Morgan fingerprint density at radius 2 is 1.20 bits per heavy atom. The van der Waals surface area contributed by atoms with Crippen LogP contribution < -0.4 is 14.8 Å². The lowest BCUT2D eigenvalue weighted by Crippen LogP contribution is -2.53. The summed E-state index contributed by atoms with van der Waals surface area (Å²) in [6, 6.07) is 6.04. The topological polar surface area (TPSA) is 184 Å². The van der Waals surface area contributed by atoms with Crippen LogP contribution in [0.2, 0.25) is 0 Å². The summed E-state index contributed by atoms with van der Waals surface area (Å²) < 4.78 is 27.3. The fraction of sp³-hybridized carbons (Fsp3) is 0.457. The number of alkyl carbamates (subject to hydrolysis) is 1. The molecule has 3 aromatic rings. The van der Waals surface area contributed by atoms with Crippen molar-refractivity contribution >= 4 is 52.6 Å². The molecule has 0 aliphatic carbocycles. The highest BCUT2D eigenvalue weighted by Gasteiger charge is 2.37. The maximum atomic E-state index is 13.5. The second-order valence-electron chi connectivity index (χ2n) is 14.0. The van der Waals surface area contributed by atoms with E-state index < -0.39 is 58.2 Å². The van der Waals surface area contributed by atoms with Gasteiger partial charge in [0.25, 0.3) is 0 Å². The van der Waals surface area contributed by atoms with Crippen molar-refractivity contribution in [1.82, 2.24) is 5.32 Å². The molecule has 13 nitrogen and oxygen atoms in total. The van der Waals surface area contributed by atoms with Crippen LogP contribution in [0.3, 0.4) is 0 Å². The minimum Gasteiger partial charge on any atom is -0.461 e. The van der Waals surface area contributed by atoms with Gasteiger partial charge in [-0.25, -0.2) is 14.4 Å². The summed E-state index contributed by atoms with van der Waals surface area (Å²) in [5.41, 5.74) is -2.54. The van der Waals surface area contributed by atoms with E-state index in [2.05, 4.69) is 5.32 Å². The van der Waals surface area contributed by atoms with Crippen LogP contribution in [0.4, 0.5) is 4.79 Å². The van der Waals surface area contributed by atoms with E-state index in [4.69, 9.17) is 23.7 Å². The molecule has 3 N–H and O–H groups in total. The number of esters is 4. The first-order chi connectivity index (χ1) is 23.1. The van der Waals surface area contributed by atoms with Gasteiger partial charge >= 0.3 is 30.0 Å². The summed E-state index contributed by atoms with van der Waals surface area (Å²) in [5.74, 6) is -5.69. The maximum absolute atomic E-state index is 13.5. The number of ether oxygens (including phenoxy) is 5. The highest BCUT2D eigenvalue weighted by Crippen LogP contribution is 2.34. The van der Waals surface area contributed by atoms with E-state index in [1.54, 1.807) is 54.4 Å². The normalized spacial score (nSPS) is 12.8. The minimum absolute atomic E-state index is 0.178. The van der Waals surface area contributed by atoms with Crippen molar-refractivity contribution in [1.29, 1.82) is 0 Å². The zero-order valence-electron chi connectivity index (χ0n) is 29.2. The molecule has 0 radical (unpaired) electrons. The van der Waals surface area contributed by atoms with Crippen molar-refractivity contribution in [3.8, 4) is 11.5 Å². The van der Waals surface area contributed by atoms with Crippen molar-refractivity contribution in [3.05, 3.63) is 68.5 Å². The second-order valence-corrected chi connectivity index (χ2v) is 15.6. The van der Waals surface area contributed by atoms with Gasteiger partial charge in [0.2, 0.25) is 0 Å². The quantitative estimate of drug-likeness (QED) is 0.0817. The fourth-order valence-corrected chi connectivity index (χ4v) is 5.17. The molecule has 2 heterocycles. The molecule has 1 amide bonds. The SMILES string of the molecule is CC(C)(C)OC(=O)N[C@@H](Cc1ccc(OC(=O)C(C)(C)COC(=O)c2ccsc2)c(OC(=O)C(C)(C)COC(=O)c2ccsc2)c1)C(C)(O)O. The zero-order chi connectivity index (χ0) is 37.5. The Morgan fingerprint density at radius 3 is 1.62 bits per heavy atom. The molecule has 0 spiro atoms. The number of thiophene rings is 2. The monoisotopic (exact) mass is 733 g/mol. The predicted molar refractivity (Wildman–Crippen MR) is 184 cm³/mol. The number of rotatable bonds is 14. The molecule has 50 heavy (non-hydrogen) atoms. The van der Waals surface area contributed by atoms with Gasteiger partial charge in [-0.05, 0) is 102 Å². The van der Waals surface area contributed by atoms with Crippen LogP contribution >= 0.6 is 22.7 Å². The van der Waals surface area contributed by atoms with E-state index in [-0.39, 0.29) is 31.1 Å². The Morgan fingerprint density at radius 1 is 0.720 bits per heavy atom.